The van der Waals surface area contributed by atoms with Crippen LogP contribution in [-0.4, -0.2) is 11.5 Å². The average Bonchev–Trinajstić information content (AvgIpc) is 2.76. The van der Waals surface area contributed by atoms with Gasteiger partial charge in [-0.15, -0.1) is 11.3 Å². The van der Waals surface area contributed by atoms with Crippen LogP contribution in [0.2, 0.25) is 0 Å². The van der Waals surface area contributed by atoms with E-state index in [-0.39, 0.29) is 11.9 Å². The number of thiazole rings is 1. The van der Waals surface area contributed by atoms with Gasteiger partial charge in [0.05, 0.1) is 17.2 Å². The number of aromatic nitrogens is 1. The highest BCUT2D eigenvalue weighted by Gasteiger charge is 2.20. The van der Waals surface area contributed by atoms with Gasteiger partial charge >= 0.3 is 0 Å². The molecule has 0 amide bonds. The van der Waals surface area contributed by atoms with Crippen molar-refractivity contribution in [3.63, 3.8) is 0 Å². The summed E-state index contributed by atoms with van der Waals surface area (Å²) in [6.07, 6.45) is 0. The van der Waals surface area contributed by atoms with Gasteiger partial charge in [-0.25, -0.2) is 9.37 Å². The van der Waals surface area contributed by atoms with Gasteiger partial charge in [0.15, 0.2) is 0 Å². The van der Waals surface area contributed by atoms with E-state index in [1.165, 1.54) is 6.07 Å². The highest BCUT2D eigenvalue weighted by Crippen LogP contribution is 2.31. The zero-order valence-electron chi connectivity index (χ0n) is 10.2. The first-order chi connectivity index (χ1) is 8.63. The van der Waals surface area contributed by atoms with Crippen molar-refractivity contribution in [1.29, 1.82) is 0 Å². The number of nitrogens with one attached hydrogen (secondary N) is 1. The van der Waals surface area contributed by atoms with Gasteiger partial charge in [0.1, 0.15) is 5.82 Å². The molecule has 2 nitrogen and oxygen atoms in total. The molecule has 0 aliphatic heterocycles. The third-order valence-corrected chi connectivity index (χ3v) is 4.21. The highest BCUT2D eigenvalue weighted by atomic mass is 79.9. The molecule has 18 heavy (non-hydrogen) atoms. The molecule has 0 aliphatic rings. The summed E-state index contributed by atoms with van der Waals surface area (Å²) >= 11 is 4.94. The summed E-state index contributed by atoms with van der Waals surface area (Å²) in [5, 5.41) is 3.32. The monoisotopic (exact) mass is 328 g/mol. The first-order valence-electron chi connectivity index (χ1n) is 5.71. The Hall–Kier alpha value is -0.780. The van der Waals surface area contributed by atoms with Gasteiger partial charge in [0, 0.05) is 14.9 Å². The molecule has 2 rings (SSSR count). The summed E-state index contributed by atoms with van der Waals surface area (Å²) in [6, 6.07) is 4.88. The SMILES string of the molecule is CCNC(c1cc(Br)ccc1F)c1scnc1C. The maximum atomic E-state index is 14.0. The molecule has 0 radical (unpaired) electrons. The lowest BCUT2D eigenvalue weighted by atomic mass is 10.0. The number of hydrogen-bond donors (Lipinski definition) is 1. The van der Waals surface area contributed by atoms with Gasteiger partial charge in [-0.3, -0.25) is 0 Å². The van der Waals surface area contributed by atoms with Gasteiger partial charge in [-0.1, -0.05) is 22.9 Å². The number of halogens is 2. The van der Waals surface area contributed by atoms with E-state index in [2.05, 4.69) is 26.2 Å². The summed E-state index contributed by atoms with van der Waals surface area (Å²) in [4.78, 5) is 5.31. The summed E-state index contributed by atoms with van der Waals surface area (Å²) in [5.41, 5.74) is 3.40. The van der Waals surface area contributed by atoms with Crippen LogP contribution in [0.5, 0.6) is 0 Å². The second kappa shape index (κ2) is 5.91. The minimum absolute atomic E-state index is 0.139. The van der Waals surface area contributed by atoms with Crippen LogP contribution in [0.4, 0.5) is 4.39 Å². The largest absolute Gasteiger partial charge is 0.306 e. The molecular formula is C13H14BrFN2S. The van der Waals surface area contributed by atoms with E-state index in [1.54, 1.807) is 22.9 Å². The standard InChI is InChI=1S/C13H14BrFN2S/c1-3-16-12(13-8(2)17-7-18-13)10-6-9(14)4-5-11(10)15/h4-7,12,16H,3H2,1-2H3. The van der Waals surface area contributed by atoms with Crippen LogP contribution >= 0.6 is 27.3 Å². The number of benzene rings is 1. The van der Waals surface area contributed by atoms with Crippen molar-refractivity contribution in [2.45, 2.75) is 19.9 Å². The quantitative estimate of drug-likeness (QED) is 0.915. The summed E-state index contributed by atoms with van der Waals surface area (Å²) in [5.74, 6) is -0.197. The Labute approximate surface area is 118 Å². The number of aryl methyl sites for hydroxylation is 1. The molecular weight excluding hydrogens is 315 g/mol. The Morgan fingerprint density at radius 1 is 1.50 bits per heavy atom. The third-order valence-electron chi connectivity index (χ3n) is 2.72. The number of hydrogen-bond acceptors (Lipinski definition) is 3. The molecule has 0 saturated carbocycles. The van der Waals surface area contributed by atoms with Crippen molar-refractivity contribution < 1.29 is 4.39 Å². The fraction of sp³-hybridized carbons (Fsp3) is 0.308. The maximum absolute atomic E-state index is 14.0. The molecule has 2 aromatic rings. The lowest BCUT2D eigenvalue weighted by Crippen LogP contribution is -2.22. The Bertz CT molecular complexity index is 542. The molecule has 1 unspecified atom stereocenters. The second-order valence-corrected chi connectivity index (χ2v) is 5.76. The molecule has 0 spiro atoms. The molecule has 96 valence electrons. The maximum Gasteiger partial charge on any atom is 0.128 e. The molecule has 1 N–H and O–H groups in total. The smallest absolute Gasteiger partial charge is 0.128 e. The van der Waals surface area contributed by atoms with E-state index < -0.39 is 0 Å². The van der Waals surface area contributed by atoms with E-state index in [4.69, 9.17) is 0 Å². The number of rotatable bonds is 4. The second-order valence-electron chi connectivity index (χ2n) is 3.96. The summed E-state index contributed by atoms with van der Waals surface area (Å²) < 4.78 is 14.9. The van der Waals surface area contributed by atoms with E-state index in [0.29, 0.717) is 5.56 Å². The van der Waals surface area contributed by atoms with E-state index in [0.717, 1.165) is 21.6 Å². The van der Waals surface area contributed by atoms with Gasteiger partial charge in [0.2, 0.25) is 0 Å². The molecule has 5 heteroatoms. The van der Waals surface area contributed by atoms with Crippen molar-refractivity contribution >= 4 is 27.3 Å². The Balaban J connectivity index is 2.48. The molecule has 0 aliphatic carbocycles. The van der Waals surface area contributed by atoms with E-state index in [9.17, 15) is 4.39 Å². The lowest BCUT2D eigenvalue weighted by molar-refractivity contribution is 0.561. The highest BCUT2D eigenvalue weighted by molar-refractivity contribution is 9.10. The van der Waals surface area contributed by atoms with Crippen LogP contribution in [0.15, 0.2) is 28.2 Å². The normalized spacial score (nSPS) is 12.7. The molecule has 1 atom stereocenters. The number of nitrogens with zero attached hydrogens (tertiary/aromatic N) is 1. The van der Waals surface area contributed by atoms with Crippen molar-refractivity contribution in [3.05, 3.63) is 50.1 Å². The minimum atomic E-state index is -0.197. The zero-order valence-corrected chi connectivity index (χ0v) is 12.6. The fourth-order valence-corrected chi connectivity index (χ4v) is 3.14. The Morgan fingerprint density at radius 2 is 2.28 bits per heavy atom. The van der Waals surface area contributed by atoms with E-state index >= 15 is 0 Å². The topological polar surface area (TPSA) is 24.9 Å². The summed E-state index contributed by atoms with van der Waals surface area (Å²) in [7, 11) is 0. The molecule has 0 bridgehead atoms. The van der Waals surface area contributed by atoms with Crippen LogP contribution in [-0.2, 0) is 0 Å². The Morgan fingerprint density at radius 3 is 2.89 bits per heavy atom. The molecule has 0 saturated heterocycles. The minimum Gasteiger partial charge on any atom is -0.306 e. The van der Waals surface area contributed by atoms with Crippen LogP contribution in [0.25, 0.3) is 0 Å². The zero-order chi connectivity index (χ0) is 13.1. The van der Waals surface area contributed by atoms with Crippen molar-refractivity contribution in [2.75, 3.05) is 6.54 Å². The molecule has 1 heterocycles. The first-order valence-corrected chi connectivity index (χ1v) is 7.39. The molecule has 0 fully saturated rings. The van der Waals surface area contributed by atoms with Crippen LogP contribution < -0.4 is 5.32 Å². The predicted octanol–water partition coefficient (Wildman–Crippen LogP) is 4.05. The van der Waals surface area contributed by atoms with Gasteiger partial charge < -0.3 is 5.32 Å². The van der Waals surface area contributed by atoms with Crippen LogP contribution in [0.1, 0.15) is 29.1 Å². The Kier molecular flexibility index (Phi) is 4.48. The van der Waals surface area contributed by atoms with Crippen molar-refractivity contribution in [1.82, 2.24) is 10.3 Å². The van der Waals surface area contributed by atoms with Gasteiger partial charge in [-0.2, -0.15) is 0 Å². The lowest BCUT2D eigenvalue weighted by Gasteiger charge is -2.18. The predicted molar refractivity (Wildman–Crippen MR) is 76.5 cm³/mol. The molecule has 1 aromatic heterocycles. The summed E-state index contributed by atoms with van der Waals surface area (Å²) in [6.45, 7) is 4.74. The average molecular weight is 329 g/mol. The van der Waals surface area contributed by atoms with Crippen molar-refractivity contribution in [2.24, 2.45) is 0 Å². The molecule has 1 aromatic carbocycles. The third kappa shape index (κ3) is 2.79. The first kappa shape index (κ1) is 13.6. The van der Waals surface area contributed by atoms with Crippen LogP contribution in [0, 0.1) is 12.7 Å². The van der Waals surface area contributed by atoms with Crippen LogP contribution in [0.3, 0.4) is 0 Å². The fourth-order valence-electron chi connectivity index (χ4n) is 1.87. The van der Waals surface area contributed by atoms with Gasteiger partial charge in [0.25, 0.3) is 0 Å². The van der Waals surface area contributed by atoms with E-state index in [1.807, 2.05) is 19.9 Å². The van der Waals surface area contributed by atoms with Gasteiger partial charge in [-0.05, 0) is 31.7 Å². The van der Waals surface area contributed by atoms with Crippen molar-refractivity contribution in [3.8, 4) is 0 Å².